The summed E-state index contributed by atoms with van der Waals surface area (Å²) in [5.41, 5.74) is 1.36. The van der Waals surface area contributed by atoms with Crippen molar-refractivity contribution in [1.82, 2.24) is 4.98 Å². The number of hydrogen-bond donors (Lipinski definition) is 0. The lowest BCUT2D eigenvalue weighted by Gasteiger charge is -1.95. The number of pyridine rings is 1. The maximum atomic E-state index is 10.3. The molecule has 0 spiro atoms. The third kappa shape index (κ3) is 1.76. The zero-order valence-corrected chi connectivity index (χ0v) is 6.37. The number of rotatable bonds is 2. The Bertz CT molecular complexity index is 273. The van der Waals surface area contributed by atoms with Crippen LogP contribution in [-0.2, 0) is 4.79 Å². The summed E-state index contributed by atoms with van der Waals surface area (Å²) in [4.78, 5) is 14.4. The number of allylic oxidation sites excluding steroid dienone is 1. The fraction of sp³-hybridized carbons (Fsp3) is 0.222. The van der Waals surface area contributed by atoms with Gasteiger partial charge >= 0.3 is 0 Å². The first-order valence-electron chi connectivity index (χ1n) is 3.54. The number of aromatic nitrogens is 1. The average molecular weight is 147 g/mol. The molecule has 0 radical (unpaired) electrons. The Morgan fingerprint density at radius 1 is 1.64 bits per heavy atom. The van der Waals surface area contributed by atoms with Crippen molar-refractivity contribution in [2.75, 3.05) is 0 Å². The zero-order valence-electron chi connectivity index (χ0n) is 6.37. The van der Waals surface area contributed by atoms with Gasteiger partial charge in [0.15, 0.2) is 0 Å². The fourth-order valence-electron chi connectivity index (χ4n) is 0.847. The molecular formula is C9H9NO. The molecule has 0 bridgehead atoms. The van der Waals surface area contributed by atoms with Gasteiger partial charge in [0.25, 0.3) is 0 Å². The van der Waals surface area contributed by atoms with E-state index in [0.29, 0.717) is 12.0 Å². The Balaban J connectivity index is 3.02. The van der Waals surface area contributed by atoms with E-state index in [0.717, 1.165) is 5.69 Å². The number of carbonyl (C=O) groups excluding carboxylic acids is 1. The summed E-state index contributed by atoms with van der Waals surface area (Å²) in [6.45, 7) is 1.91. The normalized spacial score (nSPS) is 8.82. The minimum atomic E-state index is 0.630. The molecule has 0 atom stereocenters. The first-order valence-corrected chi connectivity index (χ1v) is 3.54. The summed E-state index contributed by atoms with van der Waals surface area (Å²) in [5.74, 6) is 1.87. The average Bonchev–Trinajstić information content (AvgIpc) is 2.09. The second-order valence-corrected chi connectivity index (χ2v) is 2.15. The molecule has 2 nitrogen and oxygen atoms in total. The highest BCUT2D eigenvalue weighted by molar-refractivity contribution is 5.85. The summed E-state index contributed by atoms with van der Waals surface area (Å²) in [6, 6.07) is 5.49. The Labute approximate surface area is 65.6 Å². The summed E-state index contributed by atoms with van der Waals surface area (Å²) in [7, 11) is 0. The second-order valence-electron chi connectivity index (χ2n) is 2.15. The lowest BCUT2D eigenvalue weighted by Crippen LogP contribution is -1.86. The van der Waals surface area contributed by atoms with Crippen LogP contribution in [0.3, 0.4) is 0 Å². The van der Waals surface area contributed by atoms with Crippen molar-refractivity contribution in [3.63, 3.8) is 0 Å². The predicted molar refractivity (Wildman–Crippen MR) is 43.6 cm³/mol. The van der Waals surface area contributed by atoms with E-state index in [1.165, 1.54) is 0 Å². The van der Waals surface area contributed by atoms with Gasteiger partial charge in [-0.15, -0.1) is 0 Å². The summed E-state index contributed by atoms with van der Waals surface area (Å²) >= 11 is 0. The van der Waals surface area contributed by atoms with Crippen LogP contribution < -0.4 is 0 Å². The Hall–Kier alpha value is -1.40. The Morgan fingerprint density at radius 2 is 2.45 bits per heavy atom. The molecule has 1 rings (SSSR count). The lowest BCUT2D eigenvalue weighted by atomic mass is 10.1. The molecule has 0 aliphatic heterocycles. The molecule has 0 unspecified atom stereocenters. The van der Waals surface area contributed by atoms with Crippen LogP contribution in [0.2, 0.25) is 0 Å². The molecule has 0 saturated carbocycles. The van der Waals surface area contributed by atoms with E-state index in [-0.39, 0.29) is 0 Å². The van der Waals surface area contributed by atoms with Crippen molar-refractivity contribution < 1.29 is 4.79 Å². The van der Waals surface area contributed by atoms with E-state index >= 15 is 0 Å². The molecule has 0 N–H and O–H groups in total. The third-order valence-electron chi connectivity index (χ3n) is 1.45. The van der Waals surface area contributed by atoms with Crippen LogP contribution in [-0.4, -0.2) is 10.9 Å². The van der Waals surface area contributed by atoms with Gasteiger partial charge in [0.1, 0.15) is 5.94 Å². The van der Waals surface area contributed by atoms with Crippen molar-refractivity contribution in [2.45, 2.75) is 13.3 Å². The van der Waals surface area contributed by atoms with Crippen LogP contribution in [0.1, 0.15) is 19.0 Å². The van der Waals surface area contributed by atoms with E-state index in [4.69, 9.17) is 0 Å². The maximum Gasteiger partial charge on any atom is 0.130 e. The van der Waals surface area contributed by atoms with Gasteiger partial charge in [0, 0.05) is 6.20 Å². The van der Waals surface area contributed by atoms with Gasteiger partial charge in [-0.05, 0) is 18.6 Å². The summed E-state index contributed by atoms with van der Waals surface area (Å²) < 4.78 is 0. The van der Waals surface area contributed by atoms with Gasteiger partial charge in [-0.25, -0.2) is 4.79 Å². The molecule has 0 saturated heterocycles. The minimum Gasteiger partial charge on any atom is -0.256 e. The molecule has 0 aromatic carbocycles. The van der Waals surface area contributed by atoms with Gasteiger partial charge in [-0.3, -0.25) is 4.98 Å². The van der Waals surface area contributed by atoms with Gasteiger partial charge in [0.2, 0.25) is 0 Å². The fourth-order valence-corrected chi connectivity index (χ4v) is 0.847. The van der Waals surface area contributed by atoms with Crippen LogP contribution in [0.4, 0.5) is 0 Å². The first kappa shape index (κ1) is 7.70. The van der Waals surface area contributed by atoms with Crippen LogP contribution in [0.5, 0.6) is 0 Å². The highest BCUT2D eigenvalue weighted by Gasteiger charge is 1.98. The molecule has 0 fully saturated rings. The second kappa shape index (κ2) is 3.69. The van der Waals surface area contributed by atoms with Crippen molar-refractivity contribution in [3.05, 3.63) is 30.1 Å². The molecule has 0 aliphatic rings. The van der Waals surface area contributed by atoms with E-state index in [1.54, 1.807) is 6.20 Å². The van der Waals surface area contributed by atoms with Gasteiger partial charge in [-0.2, -0.15) is 0 Å². The van der Waals surface area contributed by atoms with Crippen LogP contribution in [0.15, 0.2) is 24.4 Å². The number of nitrogens with zero attached hydrogens (tertiary/aromatic N) is 1. The highest BCUT2D eigenvalue weighted by Crippen LogP contribution is 2.09. The van der Waals surface area contributed by atoms with E-state index in [1.807, 2.05) is 31.1 Å². The van der Waals surface area contributed by atoms with Crippen LogP contribution in [0, 0.1) is 0 Å². The molecule has 56 valence electrons. The van der Waals surface area contributed by atoms with Gasteiger partial charge in [0.05, 0.1) is 11.3 Å². The van der Waals surface area contributed by atoms with E-state index < -0.39 is 0 Å². The van der Waals surface area contributed by atoms with E-state index in [2.05, 4.69) is 4.98 Å². The SMILES string of the molecule is CCC(=C=O)c1ccccn1. The molecular weight excluding hydrogens is 138 g/mol. The summed E-state index contributed by atoms with van der Waals surface area (Å²) in [5, 5.41) is 0. The molecule has 1 heterocycles. The van der Waals surface area contributed by atoms with Gasteiger partial charge in [-0.1, -0.05) is 13.0 Å². The van der Waals surface area contributed by atoms with Crippen molar-refractivity contribution >= 4 is 11.5 Å². The molecule has 0 amide bonds. The van der Waals surface area contributed by atoms with Crippen molar-refractivity contribution in [3.8, 4) is 0 Å². The van der Waals surface area contributed by atoms with Gasteiger partial charge < -0.3 is 0 Å². The smallest absolute Gasteiger partial charge is 0.130 e. The number of hydrogen-bond acceptors (Lipinski definition) is 2. The minimum absolute atomic E-state index is 0.630. The largest absolute Gasteiger partial charge is 0.256 e. The Morgan fingerprint density at radius 3 is 2.91 bits per heavy atom. The monoisotopic (exact) mass is 147 g/mol. The van der Waals surface area contributed by atoms with Crippen LogP contribution in [0.25, 0.3) is 5.57 Å². The standard InChI is InChI=1S/C9H9NO/c1-2-8(7-11)9-5-3-4-6-10-9/h3-6H,2H2,1H3. The van der Waals surface area contributed by atoms with Crippen LogP contribution >= 0.6 is 0 Å². The van der Waals surface area contributed by atoms with Crippen molar-refractivity contribution in [2.24, 2.45) is 0 Å². The first-order chi connectivity index (χ1) is 5.38. The topological polar surface area (TPSA) is 30.0 Å². The highest BCUT2D eigenvalue weighted by atomic mass is 16.1. The Kier molecular flexibility index (Phi) is 2.59. The lowest BCUT2D eigenvalue weighted by molar-refractivity contribution is 0.569. The third-order valence-corrected chi connectivity index (χ3v) is 1.45. The van der Waals surface area contributed by atoms with Crippen molar-refractivity contribution in [1.29, 1.82) is 0 Å². The quantitative estimate of drug-likeness (QED) is 0.596. The zero-order chi connectivity index (χ0) is 8.10. The molecule has 1 aromatic rings. The maximum absolute atomic E-state index is 10.3. The predicted octanol–water partition coefficient (Wildman–Crippen LogP) is 1.71. The molecule has 0 aliphatic carbocycles. The molecule has 11 heavy (non-hydrogen) atoms. The summed E-state index contributed by atoms with van der Waals surface area (Å²) in [6.07, 6.45) is 2.35. The molecule has 2 heteroatoms. The molecule has 1 aromatic heterocycles. The van der Waals surface area contributed by atoms with E-state index in [9.17, 15) is 4.79 Å².